The summed E-state index contributed by atoms with van der Waals surface area (Å²) in [6.45, 7) is 26.3. The van der Waals surface area contributed by atoms with Gasteiger partial charge in [-0.2, -0.15) is 0 Å². The Hall–Kier alpha value is -1.63. The van der Waals surface area contributed by atoms with Gasteiger partial charge in [0, 0.05) is 17.4 Å². The summed E-state index contributed by atoms with van der Waals surface area (Å²) in [5.41, 5.74) is -2.63. The van der Waals surface area contributed by atoms with Crippen LogP contribution in [0.1, 0.15) is 103 Å². The minimum absolute atomic E-state index is 0.0524. The summed E-state index contributed by atoms with van der Waals surface area (Å²) in [5, 5.41) is 6.15. The molecule has 7 nitrogen and oxygen atoms in total. The molecule has 7 heteroatoms. The zero-order valence-electron chi connectivity index (χ0n) is 23.6. The molecule has 0 bridgehead atoms. The highest BCUT2D eigenvalue weighted by Crippen LogP contribution is 2.29. The maximum Gasteiger partial charge on any atom is 0.329 e. The van der Waals surface area contributed by atoms with E-state index in [2.05, 4.69) is 10.6 Å². The molecule has 2 unspecified atom stereocenters. The minimum Gasteiger partial charge on any atom is -0.458 e. The van der Waals surface area contributed by atoms with Crippen LogP contribution in [0.3, 0.4) is 0 Å². The van der Waals surface area contributed by atoms with E-state index in [1.807, 2.05) is 62.3 Å². The molecule has 2 atom stereocenters. The van der Waals surface area contributed by atoms with E-state index in [1.54, 1.807) is 34.6 Å². The molecule has 0 radical (unpaired) electrons. The third kappa shape index (κ3) is 11.9. The molecule has 0 fully saturated rings. The second kappa shape index (κ2) is 11.2. The number of carbonyl (C=O) groups is 3. The molecule has 2 N–H and O–H groups in total. The monoisotopic (exact) mass is 470 g/mol. The normalized spacial score (nSPS) is 15.3. The van der Waals surface area contributed by atoms with Crippen LogP contribution in [0.4, 0.5) is 0 Å². The Morgan fingerprint density at radius 3 is 1.33 bits per heavy atom. The molecular weight excluding hydrogens is 420 g/mol. The predicted molar refractivity (Wildman–Crippen MR) is 133 cm³/mol. The fourth-order valence-electron chi connectivity index (χ4n) is 3.59. The number of rotatable bonds is 10. The number of carbonyl (C=O) groups excluding carboxylic acids is 3. The number of hydrogen-bond donors (Lipinski definition) is 2. The highest BCUT2D eigenvalue weighted by atomic mass is 16.6. The molecule has 0 aromatic heterocycles. The van der Waals surface area contributed by atoms with Gasteiger partial charge in [0.05, 0.1) is 0 Å². The van der Waals surface area contributed by atoms with Gasteiger partial charge in [0.1, 0.15) is 23.3 Å². The number of hydrogen-bond acceptors (Lipinski definition) is 6. The van der Waals surface area contributed by atoms with Gasteiger partial charge in [0.15, 0.2) is 0 Å². The van der Waals surface area contributed by atoms with Gasteiger partial charge >= 0.3 is 11.9 Å². The Kier molecular flexibility index (Phi) is 10.6. The fourth-order valence-corrected chi connectivity index (χ4v) is 3.59. The van der Waals surface area contributed by atoms with Crippen LogP contribution >= 0.6 is 0 Å². The minimum atomic E-state index is -0.911. The van der Waals surface area contributed by atoms with Crippen LogP contribution in [-0.2, 0) is 23.9 Å². The standard InChI is InChI=1S/C26H50N2O5/c1-16(2)18(27-22(31)23(5,6)7)20(29)32-25(11,12)15-26(13,14)33-21(30)19(17(3)4)28-24(8,9)10/h16-19,28H,15H2,1-14H3,(H,27,31). The largest absolute Gasteiger partial charge is 0.458 e. The van der Waals surface area contributed by atoms with E-state index in [0.29, 0.717) is 6.42 Å². The second-order valence-corrected chi connectivity index (χ2v) is 13.1. The number of nitrogens with one attached hydrogen (secondary N) is 2. The second-order valence-electron chi connectivity index (χ2n) is 13.1. The Bertz CT molecular complexity index is 682. The molecule has 0 spiro atoms. The zero-order chi connectivity index (χ0) is 26.6. The number of amides is 1. The first-order chi connectivity index (χ1) is 14.5. The van der Waals surface area contributed by atoms with Gasteiger partial charge in [-0.15, -0.1) is 0 Å². The van der Waals surface area contributed by atoms with Crippen molar-refractivity contribution in [3.63, 3.8) is 0 Å². The summed E-state index contributed by atoms with van der Waals surface area (Å²) in [6, 6.07) is -1.21. The Labute approximate surface area is 202 Å². The molecule has 0 heterocycles. The quantitative estimate of drug-likeness (QED) is 0.453. The molecule has 1 amide bonds. The SMILES string of the molecule is CC(C)C(NC(=O)C(C)(C)C)C(=O)OC(C)(C)CC(C)(C)OC(=O)C(NC(C)(C)C)C(C)C. The van der Waals surface area contributed by atoms with Crippen molar-refractivity contribution >= 4 is 17.8 Å². The Balaban J connectivity index is 5.36. The van der Waals surface area contributed by atoms with Crippen molar-refractivity contribution in [1.29, 1.82) is 0 Å². The molecule has 33 heavy (non-hydrogen) atoms. The molecule has 0 aromatic carbocycles. The maximum absolute atomic E-state index is 13.0. The van der Waals surface area contributed by atoms with Crippen LogP contribution in [0.5, 0.6) is 0 Å². The molecule has 194 valence electrons. The highest BCUT2D eigenvalue weighted by Gasteiger charge is 2.39. The summed E-state index contributed by atoms with van der Waals surface area (Å²) in [7, 11) is 0. The topological polar surface area (TPSA) is 93.7 Å². The summed E-state index contributed by atoms with van der Waals surface area (Å²) in [6.07, 6.45) is 0.301. The average molecular weight is 471 g/mol. The van der Waals surface area contributed by atoms with Crippen molar-refractivity contribution in [2.24, 2.45) is 17.3 Å². The maximum atomic E-state index is 13.0. The summed E-state index contributed by atoms with van der Waals surface area (Å²) < 4.78 is 11.7. The third-order valence-corrected chi connectivity index (χ3v) is 5.00. The molecule has 0 aliphatic rings. The van der Waals surface area contributed by atoms with E-state index in [-0.39, 0.29) is 29.3 Å². The van der Waals surface area contributed by atoms with E-state index >= 15 is 0 Å². The lowest BCUT2D eigenvalue weighted by molar-refractivity contribution is -0.175. The number of ether oxygens (including phenoxy) is 2. The van der Waals surface area contributed by atoms with Gasteiger partial charge in [-0.1, -0.05) is 48.5 Å². The van der Waals surface area contributed by atoms with Crippen LogP contribution in [0.25, 0.3) is 0 Å². The van der Waals surface area contributed by atoms with Crippen molar-refractivity contribution in [3.05, 3.63) is 0 Å². The van der Waals surface area contributed by atoms with Gasteiger partial charge in [0.25, 0.3) is 0 Å². The van der Waals surface area contributed by atoms with E-state index in [9.17, 15) is 14.4 Å². The smallest absolute Gasteiger partial charge is 0.329 e. The molecule has 0 saturated carbocycles. The average Bonchev–Trinajstić information content (AvgIpc) is 2.52. The summed E-state index contributed by atoms with van der Waals surface area (Å²) in [5.74, 6) is -1.12. The van der Waals surface area contributed by atoms with E-state index in [4.69, 9.17) is 9.47 Å². The molecule has 0 aromatic rings. The van der Waals surface area contributed by atoms with Crippen molar-refractivity contribution in [2.45, 2.75) is 132 Å². The Morgan fingerprint density at radius 2 is 1.03 bits per heavy atom. The zero-order valence-corrected chi connectivity index (χ0v) is 23.6. The van der Waals surface area contributed by atoms with E-state index in [1.165, 1.54) is 0 Å². The predicted octanol–water partition coefficient (Wildman–Crippen LogP) is 4.62. The fraction of sp³-hybridized carbons (Fsp3) is 0.885. The van der Waals surface area contributed by atoms with Crippen LogP contribution in [0, 0.1) is 17.3 Å². The molecule has 0 saturated heterocycles. The van der Waals surface area contributed by atoms with E-state index in [0.717, 1.165) is 0 Å². The van der Waals surface area contributed by atoms with Crippen LogP contribution in [0.2, 0.25) is 0 Å². The summed E-state index contributed by atoms with van der Waals surface area (Å²) in [4.78, 5) is 38.4. The molecule has 0 rings (SSSR count). The Morgan fingerprint density at radius 1 is 0.667 bits per heavy atom. The first-order valence-corrected chi connectivity index (χ1v) is 12.0. The van der Waals surface area contributed by atoms with Gasteiger partial charge in [-0.05, 0) is 60.3 Å². The van der Waals surface area contributed by atoms with Crippen LogP contribution < -0.4 is 10.6 Å². The first-order valence-electron chi connectivity index (χ1n) is 12.0. The number of esters is 2. The van der Waals surface area contributed by atoms with Crippen molar-refractivity contribution in [1.82, 2.24) is 10.6 Å². The summed E-state index contributed by atoms with van der Waals surface area (Å²) >= 11 is 0. The van der Waals surface area contributed by atoms with Crippen LogP contribution in [-0.4, -0.2) is 46.7 Å². The van der Waals surface area contributed by atoms with Crippen LogP contribution in [0.15, 0.2) is 0 Å². The van der Waals surface area contributed by atoms with Gasteiger partial charge in [-0.3, -0.25) is 14.9 Å². The lowest BCUT2D eigenvalue weighted by atomic mass is 9.91. The van der Waals surface area contributed by atoms with Crippen molar-refractivity contribution < 1.29 is 23.9 Å². The molecule has 0 aliphatic carbocycles. The third-order valence-electron chi connectivity index (χ3n) is 5.00. The lowest BCUT2D eigenvalue weighted by Gasteiger charge is -2.37. The molecular formula is C26H50N2O5. The van der Waals surface area contributed by atoms with E-state index < -0.39 is 34.7 Å². The van der Waals surface area contributed by atoms with Gasteiger partial charge in [0.2, 0.25) is 5.91 Å². The van der Waals surface area contributed by atoms with Gasteiger partial charge in [-0.25, -0.2) is 4.79 Å². The highest BCUT2D eigenvalue weighted by molar-refractivity contribution is 5.87. The van der Waals surface area contributed by atoms with Crippen molar-refractivity contribution in [3.8, 4) is 0 Å². The van der Waals surface area contributed by atoms with Crippen molar-refractivity contribution in [2.75, 3.05) is 0 Å². The first kappa shape index (κ1) is 31.4. The lowest BCUT2D eigenvalue weighted by Crippen LogP contribution is -2.53. The van der Waals surface area contributed by atoms with Gasteiger partial charge < -0.3 is 14.8 Å². The molecule has 0 aliphatic heterocycles.